The molecular formula is C18H25N5OS. The second-order valence-corrected chi connectivity index (χ2v) is 7.12. The highest BCUT2D eigenvalue weighted by atomic mass is 32.1. The average Bonchev–Trinajstić information content (AvgIpc) is 3.16. The van der Waals surface area contributed by atoms with Crippen molar-refractivity contribution in [1.82, 2.24) is 20.2 Å². The number of aryl methyl sites for hydroxylation is 1. The second-order valence-electron chi connectivity index (χ2n) is 6.34. The zero-order valence-electron chi connectivity index (χ0n) is 15.0. The Morgan fingerprint density at radius 3 is 2.72 bits per heavy atom. The van der Waals surface area contributed by atoms with Gasteiger partial charge < -0.3 is 15.1 Å². The minimum absolute atomic E-state index is 0.0278. The van der Waals surface area contributed by atoms with E-state index in [0.29, 0.717) is 5.56 Å². The molecule has 0 aliphatic carbocycles. The molecule has 25 heavy (non-hydrogen) atoms. The van der Waals surface area contributed by atoms with Gasteiger partial charge in [-0.05, 0) is 42.8 Å². The van der Waals surface area contributed by atoms with Crippen LogP contribution in [0.4, 0.5) is 5.95 Å². The van der Waals surface area contributed by atoms with Crippen LogP contribution in [-0.4, -0.2) is 53.5 Å². The van der Waals surface area contributed by atoms with Gasteiger partial charge in [0.15, 0.2) is 0 Å². The van der Waals surface area contributed by atoms with E-state index in [1.807, 2.05) is 30.7 Å². The first-order valence-corrected chi connectivity index (χ1v) is 9.66. The lowest BCUT2D eigenvalue weighted by Gasteiger charge is -2.34. The number of nitrogens with zero attached hydrogens (tertiary/aromatic N) is 4. The standard InChI is InChI=1S/C18H25N5OS/c1-4-22-6-8-23(9-7-22)18-19-11-16(14(3)21-18)17(24)20-13(2)15-5-10-25-12-15/h5,10-13H,4,6-9H2,1-3H3,(H,20,24). The number of thiophene rings is 1. The SMILES string of the molecule is CCN1CCN(c2ncc(C(=O)NC(C)c3ccsc3)c(C)n2)CC1. The predicted octanol–water partition coefficient (Wildman–Crippen LogP) is 2.48. The largest absolute Gasteiger partial charge is 0.345 e. The van der Waals surface area contributed by atoms with E-state index < -0.39 is 0 Å². The highest BCUT2D eigenvalue weighted by molar-refractivity contribution is 7.07. The Kier molecular flexibility index (Phi) is 5.65. The summed E-state index contributed by atoms with van der Waals surface area (Å²) in [5.41, 5.74) is 2.37. The average molecular weight is 359 g/mol. The quantitative estimate of drug-likeness (QED) is 0.889. The molecule has 7 heteroatoms. The van der Waals surface area contributed by atoms with Crippen LogP contribution in [0, 0.1) is 6.92 Å². The van der Waals surface area contributed by atoms with E-state index in [1.165, 1.54) is 0 Å². The van der Waals surface area contributed by atoms with Crippen LogP contribution in [0.15, 0.2) is 23.0 Å². The summed E-state index contributed by atoms with van der Waals surface area (Å²) in [5.74, 6) is 0.592. The normalized spacial score (nSPS) is 16.7. The van der Waals surface area contributed by atoms with Gasteiger partial charge in [-0.15, -0.1) is 0 Å². The number of piperazine rings is 1. The van der Waals surface area contributed by atoms with Gasteiger partial charge in [0.05, 0.1) is 17.3 Å². The van der Waals surface area contributed by atoms with Crippen molar-refractivity contribution >= 4 is 23.2 Å². The Balaban J connectivity index is 1.66. The van der Waals surface area contributed by atoms with E-state index in [1.54, 1.807) is 17.5 Å². The molecule has 1 aliphatic heterocycles. The summed E-state index contributed by atoms with van der Waals surface area (Å²) in [6.45, 7) is 11.0. The molecule has 1 N–H and O–H groups in total. The molecular weight excluding hydrogens is 334 g/mol. The highest BCUT2D eigenvalue weighted by Gasteiger charge is 2.20. The Morgan fingerprint density at radius 1 is 1.36 bits per heavy atom. The first-order valence-electron chi connectivity index (χ1n) is 8.72. The Hall–Kier alpha value is -1.99. The van der Waals surface area contributed by atoms with Crippen molar-refractivity contribution in [3.05, 3.63) is 39.8 Å². The molecule has 2 aromatic heterocycles. The van der Waals surface area contributed by atoms with E-state index in [-0.39, 0.29) is 11.9 Å². The molecule has 0 saturated carbocycles. The van der Waals surface area contributed by atoms with Crippen LogP contribution in [0.3, 0.4) is 0 Å². The summed E-state index contributed by atoms with van der Waals surface area (Å²) in [7, 11) is 0. The van der Waals surface area contributed by atoms with Gasteiger partial charge in [0.25, 0.3) is 5.91 Å². The topological polar surface area (TPSA) is 61.4 Å². The number of carbonyl (C=O) groups is 1. The molecule has 0 radical (unpaired) electrons. The number of amides is 1. The van der Waals surface area contributed by atoms with Crippen molar-refractivity contribution < 1.29 is 4.79 Å². The van der Waals surface area contributed by atoms with Crippen molar-refractivity contribution in [2.45, 2.75) is 26.8 Å². The number of rotatable bonds is 5. The minimum Gasteiger partial charge on any atom is -0.345 e. The fourth-order valence-electron chi connectivity index (χ4n) is 2.97. The summed E-state index contributed by atoms with van der Waals surface area (Å²) in [6.07, 6.45) is 1.65. The molecule has 2 aromatic rings. The van der Waals surface area contributed by atoms with Gasteiger partial charge in [-0.3, -0.25) is 4.79 Å². The minimum atomic E-state index is -0.126. The number of nitrogens with one attached hydrogen (secondary N) is 1. The first-order chi connectivity index (χ1) is 12.1. The van der Waals surface area contributed by atoms with Crippen molar-refractivity contribution in [3.8, 4) is 0 Å². The Morgan fingerprint density at radius 2 is 2.12 bits per heavy atom. The fraction of sp³-hybridized carbons (Fsp3) is 0.500. The summed E-state index contributed by atoms with van der Waals surface area (Å²) < 4.78 is 0. The van der Waals surface area contributed by atoms with Crippen molar-refractivity contribution in [2.24, 2.45) is 0 Å². The maximum atomic E-state index is 12.5. The van der Waals surface area contributed by atoms with Crippen LogP contribution in [0.2, 0.25) is 0 Å². The maximum absolute atomic E-state index is 12.5. The molecule has 1 fully saturated rings. The molecule has 0 aromatic carbocycles. The third-order valence-corrected chi connectivity index (χ3v) is 5.41. The number of aromatic nitrogens is 2. The van der Waals surface area contributed by atoms with Gasteiger partial charge in [0.2, 0.25) is 5.95 Å². The van der Waals surface area contributed by atoms with Crippen molar-refractivity contribution in [2.75, 3.05) is 37.6 Å². The van der Waals surface area contributed by atoms with Gasteiger partial charge in [-0.25, -0.2) is 9.97 Å². The van der Waals surface area contributed by atoms with E-state index in [9.17, 15) is 4.79 Å². The third kappa shape index (κ3) is 4.16. The zero-order valence-corrected chi connectivity index (χ0v) is 15.8. The van der Waals surface area contributed by atoms with Crippen LogP contribution in [0.25, 0.3) is 0 Å². The number of hydrogen-bond acceptors (Lipinski definition) is 6. The van der Waals surface area contributed by atoms with Crippen LogP contribution in [0.1, 0.15) is 41.5 Å². The molecule has 1 atom stereocenters. The molecule has 0 spiro atoms. The maximum Gasteiger partial charge on any atom is 0.255 e. The van der Waals surface area contributed by atoms with Gasteiger partial charge >= 0.3 is 0 Å². The summed E-state index contributed by atoms with van der Waals surface area (Å²) >= 11 is 1.63. The summed E-state index contributed by atoms with van der Waals surface area (Å²) in [5, 5.41) is 7.08. The molecule has 1 aliphatic rings. The summed E-state index contributed by atoms with van der Waals surface area (Å²) in [4.78, 5) is 26.2. The van der Waals surface area contributed by atoms with Crippen LogP contribution in [0.5, 0.6) is 0 Å². The zero-order chi connectivity index (χ0) is 17.8. The molecule has 1 saturated heterocycles. The molecule has 3 rings (SSSR count). The van der Waals surface area contributed by atoms with E-state index in [2.05, 4.69) is 32.0 Å². The van der Waals surface area contributed by atoms with E-state index in [4.69, 9.17) is 0 Å². The number of anilines is 1. The van der Waals surface area contributed by atoms with Crippen LogP contribution < -0.4 is 10.2 Å². The Labute approximate surface area is 152 Å². The smallest absolute Gasteiger partial charge is 0.255 e. The van der Waals surface area contributed by atoms with E-state index in [0.717, 1.165) is 49.9 Å². The van der Waals surface area contributed by atoms with E-state index >= 15 is 0 Å². The number of hydrogen-bond donors (Lipinski definition) is 1. The van der Waals surface area contributed by atoms with Crippen LogP contribution in [-0.2, 0) is 0 Å². The first kappa shape index (κ1) is 17.8. The molecule has 3 heterocycles. The number of carbonyl (C=O) groups excluding carboxylic acids is 1. The van der Waals surface area contributed by atoms with Crippen molar-refractivity contribution in [3.63, 3.8) is 0 Å². The molecule has 134 valence electrons. The molecule has 6 nitrogen and oxygen atoms in total. The fourth-order valence-corrected chi connectivity index (χ4v) is 3.73. The third-order valence-electron chi connectivity index (χ3n) is 4.70. The van der Waals surface area contributed by atoms with Gasteiger partial charge in [0, 0.05) is 32.4 Å². The lowest BCUT2D eigenvalue weighted by molar-refractivity contribution is 0.0938. The lowest BCUT2D eigenvalue weighted by Crippen LogP contribution is -2.46. The van der Waals surface area contributed by atoms with Gasteiger partial charge in [-0.1, -0.05) is 6.92 Å². The Bertz CT molecular complexity index is 710. The monoisotopic (exact) mass is 359 g/mol. The lowest BCUT2D eigenvalue weighted by atomic mass is 10.1. The van der Waals surface area contributed by atoms with Crippen LogP contribution >= 0.6 is 11.3 Å². The molecule has 1 amide bonds. The van der Waals surface area contributed by atoms with Gasteiger partial charge in [0.1, 0.15) is 0 Å². The molecule has 0 bridgehead atoms. The predicted molar refractivity (Wildman–Crippen MR) is 101 cm³/mol. The second kappa shape index (κ2) is 7.93. The summed E-state index contributed by atoms with van der Waals surface area (Å²) in [6, 6.07) is 2.00. The number of likely N-dealkylation sites (N-methyl/N-ethyl adjacent to an activating group) is 1. The highest BCUT2D eigenvalue weighted by Crippen LogP contribution is 2.18. The van der Waals surface area contributed by atoms with Crippen molar-refractivity contribution in [1.29, 1.82) is 0 Å². The molecule has 1 unspecified atom stereocenters. The van der Waals surface area contributed by atoms with Gasteiger partial charge in [-0.2, -0.15) is 11.3 Å².